The summed E-state index contributed by atoms with van der Waals surface area (Å²) in [5, 5.41) is 3.70. The first kappa shape index (κ1) is 25.1. The number of benzene rings is 3. The second-order valence-electron chi connectivity index (χ2n) is 9.73. The molecular weight excluding hydrogens is 480 g/mol. The number of carbonyl (C=O) groups excluding carboxylic acids is 1. The number of hydrogen-bond donors (Lipinski definition) is 1. The molecule has 7 heteroatoms. The zero-order chi connectivity index (χ0) is 25.6. The maximum Gasteiger partial charge on any atom is 0.298 e. The highest BCUT2D eigenvalue weighted by atomic mass is 32.1. The normalized spacial score (nSPS) is 14.4. The van der Waals surface area contributed by atoms with E-state index in [0.29, 0.717) is 22.9 Å². The smallest absolute Gasteiger partial charge is 0.298 e. The molecule has 1 N–H and O–H groups in total. The second kappa shape index (κ2) is 11.7. The fourth-order valence-electron chi connectivity index (χ4n) is 4.53. The Balaban J connectivity index is 1.16. The van der Waals surface area contributed by atoms with Crippen LogP contribution in [0.25, 0.3) is 0 Å². The van der Waals surface area contributed by atoms with Crippen LogP contribution in [0.3, 0.4) is 0 Å². The number of hydrogen-bond acceptors (Lipinski definition) is 6. The molecule has 1 aliphatic heterocycles. The summed E-state index contributed by atoms with van der Waals surface area (Å²) in [6.45, 7) is 6.95. The van der Waals surface area contributed by atoms with Crippen molar-refractivity contribution in [3.05, 3.63) is 106 Å². The summed E-state index contributed by atoms with van der Waals surface area (Å²) in [7, 11) is 0. The molecule has 0 radical (unpaired) electrons. The molecular formula is C30H32N4O2S. The SMILES string of the molecule is Cc1ccc(Cc2nsc(Oc3cc(C(=O)NC4CCN(Cc5ccccc5)CC4)ccc3C)n2)cc1. The second-order valence-corrected chi connectivity index (χ2v) is 10.4. The van der Waals surface area contributed by atoms with Crippen LogP contribution in [0.15, 0.2) is 72.8 Å². The lowest BCUT2D eigenvalue weighted by molar-refractivity contribution is 0.0908. The Morgan fingerprint density at radius 2 is 1.76 bits per heavy atom. The van der Waals surface area contributed by atoms with Crippen molar-refractivity contribution in [1.29, 1.82) is 0 Å². The van der Waals surface area contributed by atoms with Crippen LogP contribution in [0.4, 0.5) is 0 Å². The van der Waals surface area contributed by atoms with Gasteiger partial charge in [0.1, 0.15) is 5.75 Å². The molecule has 4 aromatic rings. The molecule has 1 aliphatic rings. The van der Waals surface area contributed by atoms with E-state index in [1.807, 2.05) is 25.1 Å². The van der Waals surface area contributed by atoms with Gasteiger partial charge in [-0.15, -0.1) is 0 Å². The van der Waals surface area contributed by atoms with E-state index in [-0.39, 0.29) is 11.9 Å². The van der Waals surface area contributed by atoms with Gasteiger partial charge in [0.25, 0.3) is 11.1 Å². The van der Waals surface area contributed by atoms with Gasteiger partial charge in [-0.25, -0.2) is 0 Å². The third-order valence-corrected chi connectivity index (χ3v) is 7.38. The first-order valence-corrected chi connectivity index (χ1v) is 13.5. The zero-order valence-corrected chi connectivity index (χ0v) is 22.1. The van der Waals surface area contributed by atoms with Crippen molar-refractivity contribution in [2.24, 2.45) is 0 Å². The van der Waals surface area contributed by atoms with E-state index in [9.17, 15) is 4.79 Å². The number of likely N-dealkylation sites (tertiary alicyclic amines) is 1. The lowest BCUT2D eigenvalue weighted by Crippen LogP contribution is -2.44. The van der Waals surface area contributed by atoms with Crippen molar-refractivity contribution in [2.45, 2.75) is 45.7 Å². The number of ether oxygens (including phenoxy) is 1. The zero-order valence-electron chi connectivity index (χ0n) is 21.3. The van der Waals surface area contributed by atoms with E-state index >= 15 is 0 Å². The molecule has 0 spiro atoms. The highest BCUT2D eigenvalue weighted by Gasteiger charge is 2.22. The molecule has 0 saturated carbocycles. The molecule has 1 fully saturated rings. The summed E-state index contributed by atoms with van der Waals surface area (Å²) >= 11 is 1.23. The summed E-state index contributed by atoms with van der Waals surface area (Å²) in [6.07, 6.45) is 2.55. The Morgan fingerprint density at radius 3 is 2.51 bits per heavy atom. The van der Waals surface area contributed by atoms with Crippen LogP contribution in [-0.4, -0.2) is 39.3 Å². The Bertz CT molecular complexity index is 1330. The van der Waals surface area contributed by atoms with Gasteiger partial charge in [-0.1, -0.05) is 66.2 Å². The highest BCUT2D eigenvalue weighted by molar-refractivity contribution is 7.07. The van der Waals surface area contributed by atoms with Crippen molar-refractivity contribution in [3.8, 4) is 10.9 Å². The maximum absolute atomic E-state index is 13.0. The number of aromatic nitrogens is 2. The first-order valence-electron chi connectivity index (χ1n) is 12.8. The monoisotopic (exact) mass is 512 g/mol. The van der Waals surface area contributed by atoms with Crippen LogP contribution < -0.4 is 10.1 Å². The number of aryl methyl sites for hydroxylation is 2. The minimum Gasteiger partial charge on any atom is -0.430 e. The molecule has 1 amide bonds. The van der Waals surface area contributed by atoms with E-state index < -0.39 is 0 Å². The summed E-state index contributed by atoms with van der Waals surface area (Å²) in [5.74, 6) is 1.29. The average Bonchev–Trinajstić information content (AvgIpc) is 3.35. The fraction of sp³-hybridized carbons (Fsp3) is 0.300. The van der Waals surface area contributed by atoms with Crippen LogP contribution in [0.2, 0.25) is 0 Å². The van der Waals surface area contributed by atoms with E-state index in [0.717, 1.165) is 49.4 Å². The number of carbonyl (C=O) groups is 1. The van der Waals surface area contributed by atoms with Crippen LogP contribution in [0.1, 0.15) is 51.3 Å². The van der Waals surface area contributed by atoms with Crippen LogP contribution in [0.5, 0.6) is 10.9 Å². The number of nitrogens with one attached hydrogen (secondary N) is 1. The number of nitrogens with zero attached hydrogens (tertiary/aromatic N) is 3. The molecule has 0 unspecified atom stereocenters. The summed E-state index contributed by atoms with van der Waals surface area (Å²) in [5.41, 5.74) is 5.26. The van der Waals surface area contributed by atoms with Gasteiger partial charge in [0.15, 0.2) is 5.82 Å². The molecule has 1 aromatic heterocycles. The van der Waals surface area contributed by atoms with Crippen LogP contribution in [-0.2, 0) is 13.0 Å². The number of piperidine rings is 1. The average molecular weight is 513 g/mol. The van der Waals surface area contributed by atoms with E-state index in [2.05, 4.69) is 75.0 Å². The molecule has 0 bridgehead atoms. The van der Waals surface area contributed by atoms with Gasteiger partial charge in [-0.05, 0) is 55.5 Å². The quantitative estimate of drug-likeness (QED) is 0.317. The van der Waals surface area contributed by atoms with E-state index in [1.165, 1.54) is 22.7 Å². The molecule has 37 heavy (non-hydrogen) atoms. The predicted molar refractivity (Wildman–Crippen MR) is 147 cm³/mol. The van der Waals surface area contributed by atoms with E-state index in [4.69, 9.17) is 4.74 Å². The summed E-state index contributed by atoms with van der Waals surface area (Å²) < 4.78 is 10.5. The van der Waals surface area contributed by atoms with Crippen LogP contribution in [0, 0.1) is 13.8 Å². The van der Waals surface area contributed by atoms with Gasteiger partial charge >= 0.3 is 0 Å². The van der Waals surface area contributed by atoms with Gasteiger partial charge in [0.05, 0.1) is 0 Å². The van der Waals surface area contributed by atoms with Gasteiger partial charge < -0.3 is 10.1 Å². The van der Waals surface area contributed by atoms with Crippen molar-refractivity contribution in [3.63, 3.8) is 0 Å². The van der Waals surface area contributed by atoms with E-state index in [1.54, 1.807) is 6.07 Å². The minimum atomic E-state index is -0.0660. The molecule has 0 atom stereocenters. The molecule has 5 rings (SSSR count). The molecule has 190 valence electrons. The Morgan fingerprint density at radius 1 is 1.00 bits per heavy atom. The molecule has 2 heterocycles. The molecule has 3 aromatic carbocycles. The van der Waals surface area contributed by atoms with Crippen molar-refractivity contribution in [2.75, 3.05) is 13.1 Å². The van der Waals surface area contributed by atoms with Crippen molar-refractivity contribution in [1.82, 2.24) is 19.6 Å². The van der Waals surface area contributed by atoms with Gasteiger partial charge in [-0.2, -0.15) is 9.36 Å². The Labute approximate surface area is 222 Å². The summed E-state index contributed by atoms with van der Waals surface area (Å²) in [6, 6.07) is 24.7. The minimum absolute atomic E-state index is 0.0660. The first-order chi connectivity index (χ1) is 18.0. The van der Waals surface area contributed by atoms with Crippen LogP contribution >= 0.6 is 11.5 Å². The molecule has 6 nitrogen and oxygen atoms in total. The van der Waals surface area contributed by atoms with Gasteiger partial charge in [0, 0.05) is 49.2 Å². The maximum atomic E-state index is 13.0. The fourth-order valence-corrected chi connectivity index (χ4v) is 5.09. The predicted octanol–water partition coefficient (Wildman–Crippen LogP) is 5.93. The topological polar surface area (TPSA) is 67.3 Å². The lowest BCUT2D eigenvalue weighted by atomic mass is 10.0. The Kier molecular flexibility index (Phi) is 7.92. The van der Waals surface area contributed by atoms with Crippen molar-refractivity contribution < 1.29 is 9.53 Å². The largest absolute Gasteiger partial charge is 0.430 e. The highest BCUT2D eigenvalue weighted by Crippen LogP contribution is 2.28. The van der Waals surface area contributed by atoms with Gasteiger partial charge in [-0.3, -0.25) is 9.69 Å². The summed E-state index contributed by atoms with van der Waals surface area (Å²) in [4.78, 5) is 20.0. The van der Waals surface area contributed by atoms with Crippen molar-refractivity contribution >= 4 is 17.4 Å². The Hall–Kier alpha value is -3.55. The molecule has 0 aliphatic carbocycles. The third kappa shape index (κ3) is 6.81. The lowest BCUT2D eigenvalue weighted by Gasteiger charge is -2.32. The molecule has 1 saturated heterocycles. The number of amides is 1. The standard InChI is InChI=1S/C30H32N4O2S/c1-21-8-11-23(12-9-21)18-28-32-30(37-33-28)36-27-19-25(13-10-22(27)2)29(35)31-26-14-16-34(17-15-26)20-24-6-4-3-5-7-24/h3-13,19,26H,14-18,20H2,1-2H3,(H,31,35). The van der Waals surface area contributed by atoms with Gasteiger partial charge in [0.2, 0.25) is 0 Å². The third-order valence-electron chi connectivity index (χ3n) is 6.75. The number of rotatable bonds is 8.